The number of carbonyl (C=O) groups is 1. The first-order chi connectivity index (χ1) is 9.44. The molecule has 5 heteroatoms. The third-order valence-electron chi connectivity index (χ3n) is 3.84. The summed E-state index contributed by atoms with van der Waals surface area (Å²) in [7, 11) is 0. The van der Waals surface area contributed by atoms with Crippen molar-refractivity contribution in [3.05, 3.63) is 12.2 Å². The van der Waals surface area contributed by atoms with Crippen LogP contribution in [0.1, 0.15) is 54.4 Å². The molecule has 0 radical (unpaired) electrons. The van der Waals surface area contributed by atoms with Gasteiger partial charge in [-0.2, -0.15) is 0 Å². The normalized spacial score (nSPS) is 34.4. The lowest BCUT2D eigenvalue weighted by atomic mass is 9.96. The molecule has 0 aromatic rings. The minimum atomic E-state index is -0.824. The van der Waals surface area contributed by atoms with Crippen LogP contribution in [0.4, 0.5) is 4.79 Å². The standard InChI is InChI=1S/C16H27NO4/c1-10(2)11-8-9-16(12(11)19-15(6,7)21-16)17-13(18)20-14(3,4)5/h11-12H,1,8-9H2,2-7H3,(H,17,18). The molecule has 0 aromatic heterocycles. The Morgan fingerprint density at radius 2 is 2.00 bits per heavy atom. The van der Waals surface area contributed by atoms with Crippen LogP contribution in [0.15, 0.2) is 12.2 Å². The molecule has 0 aromatic carbocycles. The Balaban J connectivity index is 2.18. The first-order valence-corrected chi connectivity index (χ1v) is 7.49. The molecule has 120 valence electrons. The second-order valence-electron chi connectivity index (χ2n) is 7.55. The third kappa shape index (κ3) is 3.40. The van der Waals surface area contributed by atoms with Gasteiger partial charge in [-0.1, -0.05) is 12.2 Å². The van der Waals surface area contributed by atoms with Gasteiger partial charge in [0.15, 0.2) is 11.5 Å². The second-order valence-corrected chi connectivity index (χ2v) is 7.55. The Morgan fingerprint density at radius 1 is 1.38 bits per heavy atom. The molecule has 1 amide bonds. The molecule has 1 N–H and O–H groups in total. The molecule has 0 bridgehead atoms. The van der Waals surface area contributed by atoms with E-state index >= 15 is 0 Å². The number of amides is 1. The van der Waals surface area contributed by atoms with E-state index < -0.39 is 23.2 Å². The molecule has 21 heavy (non-hydrogen) atoms. The third-order valence-corrected chi connectivity index (χ3v) is 3.84. The summed E-state index contributed by atoms with van der Waals surface area (Å²) in [5, 5.41) is 2.90. The van der Waals surface area contributed by atoms with Gasteiger partial charge in [-0.15, -0.1) is 0 Å². The lowest BCUT2D eigenvalue weighted by Crippen LogP contribution is -2.55. The van der Waals surface area contributed by atoms with Gasteiger partial charge in [0.2, 0.25) is 0 Å². The predicted molar refractivity (Wildman–Crippen MR) is 79.7 cm³/mol. The average Bonchev–Trinajstić information content (AvgIpc) is 2.63. The molecule has 3 unspecified atom stereocenters. The molecule has 1 aliphatic heterocycles. The summed E-state index contributed by atoms with van der Waals surface area (Å²) in [6.07, 6.45) is 0.873. The van der Waals surface area contributed by atoms with E-state index in [0.717, 1.165) is 12.0 Å². The van der Waals surface area contributed by atoms with Crippen LogP contribution in [0.25, 0.3) is 0 Å². The molecular formula is C16H27NO4. The Morgan fingerprint density at radius 3 is 2.52 bits per heavy atom. The van der Waals surface area contributed by atoms with Crippen molar-refractivity contribution in [2.75, 3.05) is 0 Å². The Bertz CT molecular complexity index is 452. The van der Waals surface area contributed by atoms with Gasteiger partial charge in [-0.05, 0) is 54.4 Å². The van der Waals surface area contributed by atoms with Crippen molar-refractivity contribution in [3.8, 4) is 0 Å². The summed E-state index contributed by atoms with van der Waals surface area (Å²) in [5.74, 6) is -0.546. The van der Waals surface area contributed by atoms with E-state index in [-0.39, 0.29) is 12.0 Å². The van der Waals surface area contributed by atoms with Gasteiger partial charge in [-0.3, -0.25) is 5.32 Å². The number of rotatable bonds is 2. The SMILES string of the molecule is C=C(C)C1CCC2(NC(=O)OC(C)(C)C)OC(C)(C)OC12. The fourth-order valence-corrected chi connectivity index (χ4v) is 3.18. The minimum Gasteiger partial charge on any atom is -0.444 e. The van der Waals surface area contributed by atoms with Crippen LogP contribution in [0, 0.1) is 5.92 Å². The van der Waals surface area contributed by atoms with E-state index in [2.05, 4.69) is 11.9 Å². The fraction of sp³-hybridized carbons (Fsp3) is 0.812. The Hall–Kier alpha value is -1.07. The number of fused-ring (bicyclic) bond motifs is 1. The van der Waals surface area contributed by atoms with Gasteiger partial charge >= 0.3 is 6.09 Å². The van der Waals surface area contributed by atoms with E-state index in [9.17, 15) is 4.79 Å². The number of nitrogens with one attached hydrogen (secondary N) is 1. The maximum absolute atomic E-state index is 12.1. The van der Waals surface area contributed by atoms with Crippen molar-refractivity contribution in [1.82, 2.24) is 5.32 Å². The maximum atomic E-state index is 12.1. The summed E-state index contributed by atoms with van der Waals surface area (Å²) in [6, 6.07) is 0. The van der Waals surface area contributed by atoms with E-state index in [1.54, 1.807) is 0 Å². The van der Waals surface area contributed by atoms with Gasteiger partial charge in [-0.25, -0.2) is 4.79 Å². The summed E-state index contributed by atoms with van der Waals surface area (Å²) >= 11 is 0. The first-order valence-electron chi connectivity index (χ1n) is 7.49. The molecule has 3 atom stereocenters. The highest BCUT2D eigenvalue weighted by Crippen LogP contribution is 2.49. The quantitative estimate of drug-likeness (QED) is 0.794. The van der Waals surface area contributed by atoms with Gasteiger partial charge in [0.1, 0.15) is 11.7 Å². The molecule has 2 fully saturated rings. The average molecular weight is 297 g/mol. The summed E-state index contributed by atoms with van der Waals surface area (Å²) in [4.78, 5) is 12.1. The lowest BCUT2D eigenvalue weighted by molar-refractivity contribution is -0.174. The largest absolute Gasteiger partial charge is 0.444 e. The van der Waals surface area contributed by atoms with Crippen LogP contribution < -0.4 is 5.32 Å². The Labute approximate surface area is 127 Å². The minimum absolute atomic E-state index is 0.182. The van der Waals surface area contributed by atoms with Crippen LogP contribution in [0.2, 0.25) is 0 Å². The number of hydrogen-bond donors (Lipinski definition) is 1. The number of ether oxygens (including phenoxy) is 3. The topological polar surface area (TPSA) is 56.8 Å². The molecule has 1 aliphatic carbocycles. The molecule has 1 saturated carbocycles. The molecule has 1 heterocycles. The predicted octanol–water partition coefficient (Wildman–Crippen LogP) is 3.35. The monoisotopic (exact) mass is 297 g/mol. The van der Waals surface area contributed by atoms with Crippen molar-refractivity contribution < 1.29 is 19.0 Å². The lowest BCUT2D eigenvalue weighted by Gasteiger charge is -2.31. The summed E-state index contributed by atoms with van der Waals surface area (Å²) < 4.78 is 17.4. The van der Waals surface area contributed by atoms with Crippen LogP contribution in [0.5, 0.6) is 0 Å². The smallest absolute Gasteiger partial charge is 0.409 e. The van der Waals surface area contributed by atoms with Crippen molar-refractivity contribution in [2.24, 2.45) is 5.92 Å². The number of carbonyl (C=O) groups excluding carboxylic acids is 1. The van der Waals surface area contributed by atoms with Crippen LogP contribution in [0.3, 0.4) is 0 Å². The maximum Gasteiger partial charge on any atom is 0.409 e. The molecule has 1 saturated heterocycles. The van der Waals surface area contributed by atoms with E-state index in [0.29, 0.717) is 6.42 Å². The molecule has 2 aliphatic rings. The van der Waals surface area contributed by atoms with Gasteiger partial charge < -0.3 is 14.2 Å². The van der Waals surface area contributed by atoms with E-state index in [4.69, 9.17) is 14.2 Å². The van der Waals surface area contributed by atoms with E-state index in [1.165, 1.54) is 0 Å². The Kier molecular flexibility index (Phi) is 3.87. The zero-order valence-corrected chi connectivity index (χ0v) is 13.9. The van der Waals surface area contributed by atoms with Gasteiger partial charge in [0.25, 0.3) is 0 Å². The molecule has 0 spiro atoms. The van der Waals surface area contributed by atoms with Crippen molar-refractivity contribution in [3.63, 3.8) is 0 Å². The number of hydrogen-bond acceptors (Lipinski definition) is 4. The van der Waals surface area contributed by atoms with Crippen LogP contribution in [-0.2, 0) is 14.2 Å². The van der Waals surface area contributed by atoms with Crippen molar-refractivity contribution >= 4 is 6.09 Å². The summed E-state index contributed by atoms with van der Waals surface area (Å²) in [5.41, 5.74) is -0.318. The van der Waals surface area contributed by atoms with Crippen molar-refractivity contribution in [2.45, 2.75) is 77.6 Å². The van der Waals surface area contributed by atoms with E-state index in [1.807, 2.05) is 41.5 Å². The second kappa shape index (κ2) is 4.99. The van der Waals surface area contributed by atoms with Crippen LogP contribution >= 0.6 is 0 Å². The molecule has 5 nitrogen and oxygen atoms in total. The number of alkyl carbamates (subject to hydrolysis) is 1. The summed E-state index contributed by atoms with van der Waals surface area (Å²) in [6.45, 7) is 15.3. The zero-order chi connectivity index (χ0) is 16.1. The van der Waals surface area contributed by atoms with Crippen molar-refractivity contribution in [1.29, 1.82) is 0 Å². The fourth-order valence-electron chi connectivity index (χ4n) is 3.18. The van der Waals surface area contributed by atoms with Crippen LogP contribution in [-0.4, -0.2) is 29.3 Å². The first kappa shape index (κ1) is 16.3. The zero-order valence-electron chi connectivity index (χ0n) is 13.9. The highest BCUT2D eigenvalue weighted by atomic mass is 16.8. The van der Waals surface area contributed by atoms with Gasteiger partial charge in [0.05, 0.1) is 0 Å². The molecule has 2 rings (SSSR count). The highest BCUT2D eigenvalue weighted by molar-refractivity contribution is 5.69. The highest BCUT2D eigenvalue weighted by Gasteiger charge is 2.61. The molecular weight excluding hydrogens is 270 g/mol. The van der Waals surface area contributed by atoms with Gasteiger partial charge in [0, 0.05) is 5.92 Å².